The lowest BCUT2D eigenvalue weighted by molar-refractivity contribution is -0.122. The fourth-order valence-corrected chi connectivity index (χ4v) is 1.62. The Kier molecular flexibility index (Phi) is 6.96. The summed E-state index contributed by atoms with van der Waals surface area (Å²) in [7, 11) is 0. The highest BCUT2D eigenvalue weighted by atomic mass is 35.5. The van der Waals surface area contributed by atoms with E-state index in [0.717, 1.165) is 0 Å². The summed E-state index contributed by atoms with van der Waals surface area (Å²) in [6.07, 6.45) is 0.664. The maximum Gasteiger partial charge on any atom is 0.236 e. The van der Waals surface area contributed by atoms with Crippen LogP contribution in [0.3, 0.4) is 0 Å². The van der Waals surface area contributed by atoms with E-state index in [4.69, 9.17) is 5.73 Å². The smallest absolute Gasteiger partial charge is 0.236 e. The Morgan fingerprint density at radius 3 is 2.39 bits per heavy atom. The molecule has 102 valence electrons. The van der Waals surface area contributed by atoms with Crippen molar-refractivity contribution in [3.05, 3.63) is 35.9 Å². The number of carbonyl (C=O) groups excluding carboxylic acids is 1. The van der Waals surface area contributed by atoms with E-state index in [-0.39, 0.29) is 23.7 Å². The molecule has 3 N–H and O–H groups in total. The summed E-state index contributed by atoms with van der Waals surface area (Å²) < 4.78 is 0. The Balaban J connectivity index is 0.00000289. The van der Waals surface area contributed by atoms with Crippen LogP contribution in [-0.2, 0) is 10.2 Å². The van der Waals surface area contributed by atoms with Crippen molar-refractivity contribution in [2.45, 2.75) is 38.6 Å². The van der Waals surface area contributed by atoms with Gasteiger partial charge in [0.2, 0.25) is 5.91 Å². The molecule has 4 heteroatoms. The van der Waals surface area contributed by atoms with Crippen molar-refractivity contribution in [1.29, 1.82) is 0 Å². The average molecular weight is 271 g/mol. The third-order valence-corrected chi connectivity index (χ3v) is 3.04. The number of nitrogens with two attached hydrogens (primary N) is 1. The zero-order valence-corrected chi connectivity index (χ0v) is 12.1. The fourth-order valence-electron chi connectivity index (χ4n) is 1.62. The Bertz CT molecular complexity index is 365. The lowest BCUT2D eigenvalue weighted by Gasteiger charge is -2.26. The number of nitrogens with one attached hydrogen (secondary N) is 1. The molecule has 1 amide bonds. The van der Waals surface area contributed by atoms with E-state index in [2.05, 4.69) is 31.3 Å². The highest BCUT2D eigenvalue weighted by molar-refractivity contribution is 5.85. The molecule has 1 aromatic rings. The van der Waals surface area contributed by atoms with E-state index in [9.17, 15) is 4.79 Å². The van der Waals surface area contributed by atoms with Gasteiger partial charge in [-0.15, -0.1) is 12.4 Å². The summed E-state index contributed by atoms with van der Waals surface area (Å²) in [4.78, 5) is 11.6. The van der Waals surface area contributed by atoms with Gasteiger partial charge in [0.05, 0.1) is 6.04 Å². The summed E-state index contributed by atoms with van der Waals surface area (Å²) in [5, 5.41) is 2.91. The van der Waals surface area contributed by atoms with Gasteiger partial charge in [-0.25, -0.2) is 0 Å². The van der Waals surface area contributed by atoms with Crippen molar-refractivity contribution in [2.24, 2.45) is 5.73 Å². The number of hydrogen-bond acceptors (Lipinski definition) is 2. The minimum Gasteiger partial charge on any atom is -0.354 e. The molecular formula is C14H23ClN2O. The molecule has 3 nitrogen and oxygen atoms in total. The Hall–Kier alpha value is -1.06. The molecule has 0 saturated heterocycles. The van der Waals surface area contributed by atoms with Gasteiger partial charge in [0.25, 0.3) is 0 Å². The summed E-state index contributed by atoms with van der Waals surface area (Å²) in [5.41, 5.74) is 6.81. The van der Waals surface area contributed by atoms with E-state index in [0.29, 0.717) is 13.0 Å². The summed E-state index contributed by atoms with van der Waals surface area (Å²) >= 11 is 0. The SMILES string of the molecule is CC[C@H](N)C(=O)NCC(C)(C)c1ccccc1.Cl. The number of amides is 1. The predicted molar refractivity (Wildman–Crippen MR) is 78.0 cm³/mol. The maximum absolute atomic E-state index is 11.6. The molecule has 1 rings (SSSR count). The van der Waals surface area contributed by atoms with Crippen LogP contribution in [0.25, 0.3) is 0 Å². The number of rotatable bonds is 5. The molecule has 0 spiro atoms. The van der Waals surface area contributed by atoms with Gasteiger partial charge >= 0.3 is 0 Å². The minimum atomic E-state index is -0.401. The lowest BCUT2D eigenvalue weighted by Crippen LogP contribution is -2.44. The van der Waals surface area contributed by atoms with Crippen molar-refractivity contribution in [3.8, 4) is 0 Å². The van der Waals surface area contributed by atoms with Crippen LogP contribution in [0.2, 0.25) is 0 Å². The van der Waals surface area contributed by atoms with Crippen molar-refractivity contribution in [1.82, 2.24) is 5.32 Å². The van der Waals surface area contributed by atoms with Crippen molar-refractivity contribution < 1.29 is 4.79 Å². The molecule has 0 aliphatic heterocycles. The molecule has 0 fully saturated rings. The van der Waals surface area contributed by atoms with Crippen LogP contribution < -0.4 is 11.1 Å². The van der Waals surface area contributed by atoms with Crippen LogP contribution >= 0.6 is 12.4 Å². The van der Waals surface area contributed by atoms with Crippen molar-refractivity contribution >= 4 is 18.3 Å². The molecule has 18 heavy (non-hydrogen) atoms. The molecule has 1 aromatic carbocycles. The van der Waals surface area contributed by atoms with Gasteiger partial charge in [-0.3, -0.25) is 4.79 Å². The quantitative estimate of drug-likeness (QED) is 0.862. The molecule has 1 atom stereocenters. The van der Waals surface area contributed by atoms with Crippen LogP contribution in [-0.4, -0.2) is 18.5 Å². The molecule has 0 radical (unpaired) electrons. The molecule has 0 unspecified atom stereocenters. The highest BCUT2D eigenvalue weighted by Gasteiger charge is 2.22. The van der Waals surface area contributed by atoms with Crippen LogP contribution in [0.5, 0.6) is 0 Å². The minimum absolute atomic E-state index is 0. The van der Waals surface area contributed by atoms with Gasteiger partial charge in [0.1, 0.15) is 0 Å². The van der Waals surface area contributed by atoms with Gasteiger partial charge in [-0.1, -0.05) is 51.1 Å². The van der Waals surface area contributed by atoms with Gasteiger partial charge in [0, 0.05) is 12.0 Å². The second-order valence-corrected chi connectivity index (χ2v) is 4.98. The maximum atomic E-state index is 11.6. The first-order valence-electron chi connectivity index (χ1n) is 6.06. The highest BCUT2D eigenvalue weighted by Crippen LogP contribution is 2.21. The zero-order valence-electron chi connectivity index (χ0n) is 11.3. The second kappa shape index (κ2) is 7.39. The van der Waals surface area contributed by atoms with E-state index < -0.39 is 6.04 Å². The summed E-state index contributed by atoms with van der Waals surface area (Å²) in [6.45, 7) is 6.73. The first-order valence-corrected chi connectivity index (χ1v) is 6.06. The topological polar surface area (TPSA) is 55.1 Å². The third-order valence-electron chi connectivity index (χ3n) is 3.04. The van der Waals surface area contributed by atoms with Gasteiger partial charge in [-0.05, 0) is 12.0 Å². The van der Waals surface area contributed by atoms with Crippen molar-refractivity contribution in [2.75, 3.05) is 6.54 Å². The summed E-state index contributed by atoms with van der Waals surface area (Å²) in [5.74, 6) is -0.0727. The Labute approximate surface area is 116 Å². The van der Waals surface area contributed by atoms with Crippen LogP contribution in [0.4, 0.5) is 0 Å². The van der Waals surface area contributed by atoms with E-state index in [1.54, 1.807) is 0 Å². The standard InChI is InChI=1S/C14H22N2O.ClH/c1-4-12(15)13(17)16-10-14(2,3)11-8-6-5-7-9-11;/h5-9,12H,4,10,15H2,1-3H3,(H,16,17);1H/t12-;/m0./s1. The van der Waals surface area contributed by atoms with Crippen LogP contribution in [0.15, 0.2) is 30.3 Å². The first-order chi connectivity index (χ1) is 7.97. The monoisotopic (exact) mass is 270 g/mol. The molecule has 0 aliphatic rings. The predicted octanol–water partition coefficient (Wildman–Crippen LogP) is 2.24. The number of hydrogen-bond donors (Lipinski definition) is 2. The lowest BCUT2D eigenvalue weighted by atomic mass is 9.84. The zero-order chi connectivity index (χ0) is 12.9. The first kappa shape index (κ1) is 16.9. The Morgan fingerprint density at radius 2 is 1.89 bits per heavy atom. The normalized spacial score (nSPS) is 12.4. The van der Waals surface area contributed by atoms with Crippen molar-refractivity contribution in [3.63, 3.8) is 0 Å². The molecule has 0 bridgehead atoms. The van der Waals surface area contributed by atoms with Crippen LogP contribution in [0, 0.1) is 0 Å². The molecule has 0 heterocycles. The van der Waals surface area contributed by atoms with Gasteiger partial charge in [0.15, 0.2) is 0 Å². The summed E-state index contributed by atoms with van der Waals surface area (Å²) in [6, 6.07) is 9.76. The van der Waals surface area contributed by atoms with E-state index in [1.165, 1.54) is 5.56 Å². The third kappa shape index (κ3) is 4.67. The largest absolute Gasteiger partial charge is 0.354 e. The molecule has 0 saturated carbocycles. The Morgan fingerprint density at radius 1 is 1.33 bits per heavy atom. The number of benzene rings is 1. The number of halogens is 1. The van der Waals surface area contributed by atoms with Crippen LogP contribution in [0.1, 0.15) is 32.8 Å². The second-order valence-electron chi connectivity index (χ2n) is 4.98. The molecular weight excluding hydrogens is 248 g/mol. The fraction of sp³-hybridized carbons (Fsp3) is 0.500. The average Bonchev–Trinajstić information content (AvgIpc) is 2.36. The molecule has 0 aliphatic carbocycles. The molecule has 0 aromatic heterocycles. The number of carbonyl (C=O) groups is 1. The van der Waals surface area contributed by atoms with Gasteiger partial charge in [-0.2, -0.15) is 0 Å². The van der Waals surface area contributed by atoms with E-state index in [1.807, 2.05) is 25.1 Å². The van der Waals surface area contributed by atoms with E-state index >= 15 is 0 Å². The van der Waals surface area contributed by atoms with Gasteiger partial charge < -0.3 is 11.1 Å².